The van der Waals surface area contributed by atoms with Gasteiger partial charge in [0.2, 0.25) is 0 Å². The molecule has 1 unspecified atom stereocenters. The van der Waals surface area contributed by atoms with Crippen molar-refractivity contribution in [2.24, 2.45) is 5.92 Å². The molecule has 1 fully saturated rings. The van der Waals surface area contributed by atoms with Gasteiger partial charge in [-0.05, 0) is 37.3 Å². The molecule has 1 atom stereocenters. The molecule has 0 saturated heterocycles. The number of esters is 1. The lowest BCUT2D eigenvalue weighted by atomic mass is 9.99. The number of hydrogen-bond acceptors (Lipinski definition) is 4. The fourth-order valence-corrected chi connectivity index (χ4v) is 2.25. The van der Waals surface area contributed by atoms with Crippen molar-refractivity contribution < 1.29 is 14.3 Å². The fraction of sp³-hybridized carbons (Fsp3) is 0.588. The second-order valence-electron chi connectivity index (χ2n) is 5.56. The van der Waals surface area contributed by atoms with E-state index in [0.717, 1.165) is 37.7 Å². The van der Waals surface area contributed by atoms with E-state index in [1.807, 2.05) is 30.3 Å². The van der Waals surface area contributed by atoms with Gasteiger partial charge in [0, 0.05) is 19.8 Å². The lowest BCUT2D eigenvalue weighted by molar-refractivity contribution is -0.142. The molecule has 4 nitrogen and oxygen atoms in total. The third kappa shape index (κ3) is 5.86. The van der Waals surface area contributed by atoms with Gasteiger partial charge < -0.3 is 14.8 Å². The quantitative estimate of drug-likeness (QED) is 0.531. The Balaban J connectivity index is 1.65. The van der Waals surface area contributed by atoms with Crippen molar-refractivity contribution in [2.75, 3.05) is 33.4 Å². The van der Waals surface area contributed by atoms with Crippen molar-refractivity contribution in [3.05, 3.63) is 35.9 Å². The summed E-state index contributed by atoms with van der Waals surface area (Å²) in [4.78, 5) is 11.9. The Bertz CT molecular complexity index is 417. The van der Waals surface area contributed by atoms with Crippen molar-refractivity contribution in [3.8, 4) is 0 Å². The van der Waals surface area contributed by atoms with Gasteiger partial charge in [-0.25, -0.2) is 0 Å². The van der Waals surface area contributed by atoms with Gasteiger partial charge in [-0.1, -0.05) is 30.3 Å². The molecule has 116 valence electrons. The minimum Gasteiger partial charge on any atom is -0.469 e. The van der Waals surface area contributed by atoms with Gasteiger partial charge in [0.15, 0.2) is 0 Å². The summed E-state index contributed by atoms with van der Waals surface area (Å²) in [6.07, 6.45) is 3.63. The summed E-state index contributed by atoms with van der Waals surface area (Å²) in [5.74, 6) is 0.377. The average Bonchev–Trinajstić information content (AvgIpc) is 3.34. The van der Waals surface area contributed by atoms with Crippen LogP contribution in [0.3, 0.4) is 0 Å². The van der Waals surface area contributed by atoms with E-state index in [4.69, 9.17) is 9.47 Å². The Hall–Kier alpha value is -1.39. The van der Waals surface area contributed by atoms with Crippen LogP contribution in [-0.2, 0) is 14.3 Å². The first kappa shape index (κ1) is 16.0. The summed E-state index contributed by atoms with van der Waals surface area (Å²) in [5, 5.41) is 3.32. The molecule has 4 heteroatoms. The predicted molar refractivity (Wildman–Crippen MR) is 82.2 cm³/mol. The molecule has 1 aromatic rings. The van der Waals surface area contributed by atoms with Crippen molar-refractivity contribution in [1.29, 1.82) is 0 Å². The third-order valence-corrected chi connectivity index (χ3v) is 3.73. The Morgan fingerprint density at radius 3 is 2.76 bits per heavy atom. The van der Waals surface area contributed by atoms with Crippen LogP contribution in [0.4, 0.5) is 0 Å². The van der Waals surface area contributed by atoms with Crippen molar-refractivity contribution in [2.45, 2.75) is 25.2 Å². The first-order chi connectivity index (χ1) is 10.3. The van der Waals surface area contributed by atoms with Gasteiger partial charge in [0.1, 0.15) is 0 Å². The lowest BCUT2D eigenvalue weighted by Crippen LogP contribution is -2.29. The molecule has 1 aliphatic carbocycles. The first-order valence-corrected chi connectivity index (χ1v) is 7.72. The summed E-state index contributed by atoms with van der Waals surface area (Å²) >= 11 is 0. The number of carbonyl (C=O) groups is 1. The number of methoxy groups -OCH3 is 1. The van der Waals surface area contributed by atoms with Gasteiger partial charge in [-0.15, -0.1) is 0 Å². The highest BCUT2D eigenvalue weighted by atomic mass is 16.5. The van der Waals surface area contributed by atoms with E-state index in [-0.39, 0.29) is 11.9 Å². The molecule has 2 rings (SSSR count). The molecule has 0 amide bonds. The molecule has 0 aliphatic heterocycles. The van der Waals surface area contributed by atoms with Crippen LogP contribution in [0, 0.1) is 5.92 Å². The smallest absolute Gasteiger partial charge is 0.314 e. The monoisotopic (exact) mass is 291 g/mol. The SMILES string of the molecule is COC(=O)C(CNCCCOCC1CC1)c1ccccc1. The summed E-state index contributed by atoms with van der Waals surface area (Å²) in [7, 11) is 1.43. The number of rotatable bonds is 10. The molecule has 0 radical (unpaired) electrons. The van der Waals surface area contributed by atoms with Crippen LogP contribution in [0.5, 0.6) is 0 Å². The van der Waals surface area contributed by atoms with Crippen molar-refractivity contribution >= 4 is 5.97 Å². The molecule has 0 spiro atoms. The highest BCUT2D eigenvalue weighted by Crippen LogP contribution is 2.28. The lowest BCUT2D eigenvalue weighted by Gasteiger charge is -2.15. The Labute approximate surface area is 126 Å². The average molecular weight is 291 g/mol. The van der Waals surface area contributed by atoms with E-state index in [2.05, 4.69) is 5.32 Å². The van der Waals surface area contributed by atoms with E-state index < -0.39 is 0 Å². The number of carbonyl (C=O) groups excluding carboxylic acids is 1. The Morgan fingerprint density at radius 2 is 2.10 bits per heavy atom. The topological polar surface area (TPSA) is 47.6 Å². The van der Waals surface area contributed by atoms with E-state index in [1.54, 1.807) is 0 Å². The summed E-state index contributed by atoms with van der Waals surface area (Å²) < 4.78 is 10.5. The second kappa shape index (κ2) is 8.80. The predicted octanol–water partition coefficient (Wildman–Crippen LogP) is 2.35. The highest BCUT2D eigenvalue weighted by molar-refractivity contribution is 5.78. The maximum Gasteiger partial charge on any atom is 0.314 e. The second-order valence-corrected chi connectivity index (χ2v) is 5.56. The van der Waals surface area contributed by atoms with Crippen molar-refractivity contribution in [3.63, 3.8) is 0 Å². The molecule has 0 aromatic heterocycles. The van der Waals surface area contributed by atoms with Gasteiger partial charge >= 0.3 is 5.97 Å². The van der Waals surface area contributed by atoms with Crippen LogP contribution in [0.2, 0.25) is 0 Å². The van der Waals surface area contributed by atoms with Crippen LogP contribution in [0.25, 0.3) is 0 Å². The molecule has 1 saturated carbocycles. The minimum atomic E-state index is -0.247. The fourth-order valence-electron chi connectivity index (χ4n) is 2.25. The van der Waals surface area contributed by atoms with Gasteiger partial charge in [0.05, 0.1) is 13.0 Å². The zero-order valence-corrected chi connectivity index (χ0v) is 12.7. The third-order valence-electron chi connectivity index (χ3n) is 3.73. The Morgan fingerprint density at radius 1 is 1.33 bits per heavy atom. The first-order valence-electron chi connectivity index (χ1n) is 7.72. The van der Waals surface area contributed by atoms with E-state index >= 15 is 0 Å². The molecule has 21 heavy (non-hydrogen) atoms. The van der Waals surface area contributed by atoms with Crippen LogP contribution in [0.15, 0.2) is 30.3 Å². The zero-order chi connectivity index (χ0) is 14.9. The van der Waals surface area contributed by atoms with Crippen LogP contribution >= 0.6 is 0 Å². The molecule has 0 bridgehead atoms. The zero-order valence-electron chi connectivity index (χ0n) is 12.7. The van der Waals surface area contributed by atoms with E-state index in [9.17, 15) is 4.79 Å². The van der Waals surface area contributed by atoms with Crippen molar-refractivity contribution in [1.82, 2.24) is 5.32 Å². The standard InChI is InChI=1S/C17H25NO3/c1-20-17(19)16(15-6-3-2-4-7-15)12-18-10-5-11-21-13-14-8-9-14/h2-4,6-7,14,16,18H,5,8-13H2,1H3. The number of benzene rings is 1. The van der Waals surface area contributed by atoms with Gasteiger partial charge in [0.25, 0.3) is 0 Å². The molecule has 1 aliphatic rings. The van der Waals surface area contributed by atoms with Gasteiger partial charge in [-0.2, -0.15) is 0 Å². The number of nitrogens with one attached hydrogen (secondary N) is 1. The van der Waals surface area contributed by atoms with E-state index in [1.165, 1.54) is 20.0 Å². The van der Waals surface area contributed by atoms with Crippen LogP contribution < -0.4 is 5.32 Å². The molecular weight excluding hydrogens is 266 g/mol. The molecule has 0 heterocycles. The normalized spacial score (nSPS) is 15.7. The molecular formula is C17H25NO3. The number of hydrogen-bond donors (Lipinski definition) is 1. The van der Waals surface area contributed by atoms with Crippen LogP contribution in [0.1, 0.15) is 30.7 Å². The van der Waals surface area contributed by atoms with Gasteiger partial charge in [-0.3, -0.25) is 4.79 Å². The Kier molecular flexibility index (Phi) is 6.70. The summed E-state index contributed by atoms with van der Waals surface area (Å²) in [5.41, 5.74) is 0.988. The molecule has 1 aromatic carbocycles. The highest BCUT2D eigenvalue weighted by Gasteiger charge is 2.21. The summed E-state index contributed by atoms with van der Waals surface area (Å²) in [6.45, 7) is 3.15. The minimum absolute atomic E-state index is 0.196. The van der Waals surface area contributed by atoms with Crippen LogP contribution in [-0.4, -0.2) is 39.4 Å². The number of ether oxygens (including phenoxy) is 2. The maximum absolute atomic E-state index is 11.9. The summed E-state index contributed by atoms with van der Waals surface area (Å²) in [6, 6.07) is 9.75. The molecule has 1 N–H and O–H groups in total. The van der Waals surface area contributed by atoms with E-state index in [0.29, 0.717) is 6.54 Å². The maximum atomic E-state index is 11.9. The largest absolute Gasteiger partial charge is 0.469 e.